The summed E-state index contributed by atoms with van der Waals surface area (Å²) < 4.78 is 49.6. The van der Waals surface area contributed by atoms with Crippen molar-refractivity contribution in [3.63, 3.8) is 0 Å². The van der Waals surface area contributed by atoms with Crippen molar-refractivity contribution in [1.82, 2.24) is 0 Å². The Kier molecular flexibility index (Phi) is 3.44. The predicted octanol–water partition coefficient (Wildman–Crippen LogP) is 3.28. The Morgan fingerprint density at radius 2 is 2.00 bits per heavy atom. The normalized spacial score (nSPS) is 12.3. The highest BCUT2D eigenvalue weighted by Gasteiger charge is 2.33. The molecular weight excluding hydrogens is 210 g/mol. The predicted molar refractivity (Wildman–Crippen MR) is 49.5 cm³/mol. The van der Waals surface area contributed by atoms with E-state index >= 15 is 0 Å². The third-order valence-corrected chi connectivity index (χ3v) is 1.72. The lowest BCUT2D eigenvalue weighted by molar-refractivity contribution is -0.140. The van der Waals surface area contributed by atoms with Crippen LogP contribution in [0.1, 0.15) is 18.1 Å². The molecule has 0 aliphatic rings. The molecule has 1 nitrogen and oxygen atoms in total. The van der Waals surface area contributed by atoms with Crippen LogP contribution < -0.4 is 0 Å². The number of aliphatic imine (C=N–C) groups is 1. The minimum absolute atomic E-state index is 0.241. The van der Waals surface area contributed by atoms with E-state index in [0.717, 1.165) is 12.1 Å². The summed E-state index contributed by atoms with van der Waals surface area (Å²) in [5.41, 5.74) is -1.02. The molecule has 0 saturated heterocycles. The molecule has 0 aliphatic heterocycles. The summed E-state index contributed by atoms with van der Waals surface area (Å²) in [6.07, 6.45) is -3.38. The Morgan fingerprint density at radius 1 is 1.33 bits per heavy atom. The lowest BCUT2D eigenvalue weighted by Crippen LogP contribution is -2.08. The fourth-order valence-corrected chi connectivity index (χ4v) is 1.04. The smallest absolute Gasteiger partial charge is 0.293 e. The van der Waals surface area contributed by atoms with Crippen molar-refractivity contribution in [1.29, 1.82) is 0 Å². The first kappa shape index (κ1) is 11.7. The van der Waals surface area contributed by atoms with Crippen LogP contribution in [0.5, 0.6) is 0 Å². The molecular formula is C10H9F4N. The van der Waals surface area contributed by atoms with Crippen LogP contribution in [-0.2, 0) is 6.18 Å². The highest BCUT2D eigenvalue weighted by Crippen LogP contribution is 2.31. The van der Waals surface area contributed by atoms with Gasteiger partial charge in [0.25, 0.3) is 0 Å². The zero-order valence-corrected chi connectivity index (χ0v) is 7.98. The number of benzene rings is 1. The van der Waals surface area contributed by atoms with E-state index < -0.39 is 17.6 Å². The monoisotopic (exact) mass is 219 g/mol. The summed E-state index contributed by atoms with van der Waals surface area (Å²) in [5.74, 6) is -1.27. The van der Waals surface area contributed by atoms with Crippen LogP contribution in [-0.4, -0.2) is 12.8 Å². The Labute approximate surface area is 84.4 Å². The van der Waals surface area contributed by atoms with Gasteiger partial charge in [0.1, 0.15) is 5.82 Å². The van der Waals surface area contributed by atoms with Crippen LogP contribution in [0.3, 0.4) is 0 Å². The molecule has 0 bridgehead atoms. The molecule has 5 heteroatoms. The van der Waals surface area contributed by atoms with Crippen molar-refractivity contribution < 1.29 is 17.6 Å². The average Bonchev–Trinajstić information content (AvgIpc) is 2.15. The average molecular weight is 219 g/mol. The second-order valence-electron chi connectivity index (χ2n) is 2.86. The molecule has 0 saturated carbocycles. The lowest BCUT2D eigenvalue weighted by atomic mass is 10.1. The summed E-state index contributed by atoms with van der Waals surface area (Å²) in [5, 5.41) is 0. The van der Waals surface area contributed by atoms with Crippen molar-refractivity contribution in [3.8, 4) is 0 Å². The molecule has 0 heterocycles. The Balaban J connectivity index is 3.11. The number of alkyl halides is 3. The van der Waals surface area contributed by atoms with Gasteiger partial charge in [-0.2, -0.15) is 13.2 Å². The van der Waals surface area contributed by atoms with Crippen LogP contribution >= 0.6 is 0 Å². The maximum atomic E-state index is 12.8. The molecule has 1 rings (SSSR count). The van der Waals surface area contributed by atoms with Gasteiger partial charge in [-0.15, -0.1) is 0 Å². The minimum Gasteiger partial charge on any atom is -0.293 e. The quantitative estimate of drug-likeness (QED) is 0.534. The van der Waals surface area contributed by atoms with E-state index in [2.05, 4.69) is 4.99 Å². The van der Waals surface area contributed by atoms with Crippen molar-refractivity contribution in [3.05, 3.63) is 35.1 Å². The molecule has 1 aromatic carbocycles. The number of hydrogen-bond acceptors (Lipinski definition) is 1. The molecule has 0 unspecified atom stereocenters. The Bertz CT molecular complexity index is 368. The van der Waals surface area contributed by atoms with Crippen LogP contribution in [0, 0.1) is 5.82 Å². The summed E-state index contributed by atoms with van der Waals surface area (Å²) in [6, 6.07) is 2.79. The first-order valence-electron chi connectivity index (χ1n) is 4.31. The van der Waals surface area contributed by atoms with E-state index in [1.54, 1.807) is 6.92 Å². The zero-order chi connectivity index (χ0) is 11.5. The molecule has 0 atom stereocenters. The van der Waals surface area contributed by atoms with E-state index in [1.807, 2.05) is 0 Å². The summed E-state index contributed by atoms with van der Waals surface area (Å²) >= 11 is 0. The maximum absolute atomic E-state index is 12.8. The zero-order valence-electron chi connectivity index (χ0n) is 7.98. The van der Waals surface area contributed by atoms with E-state index in [1.165, 1.54) is 12.3 Å². The first-order chi connectivity index (χ1) is 6.95. The molecule has 0 N–H and O–H groups in total. The molecule has 0 radical (unpaired) electrons. The van der Waals surface area contributed by atoms with Crippen molar-refractivity contribution >= 4 is 6.21 Å². The summed E-state index contributed by atoms with van der Waals surface area (Å²) in [4.78, 5) is 3.78. The molecule has 15 heavy (non-hydrogen) atoms. The van der Waals surface area contributed by atoms with Crippen molar-refractivity contribution in [2.24, 2.45) is 4.99 Å². The number of hydrogen-bond donors (Lipinski definition) is 0. The largest absolute Gasteiger partial charge is 0.419 e. The summed E-state index contributed by atoms with van der Waals surface area (Å²) in [6.45, 7) is 2.23. The fraction of sp³-hybridized carbons (Fsp3) is 0.300. The second kappa shape index (κ2) is 4.42. The molecule has 0 spiro atoms. The SMILES string of the molecule is CCN=Cc1ccc(F)c(C(F)(F)F)c1. The molecule has 0 amide bonds. The molecule has 0 aromatic heterocycles. The minimum atomic E-state index is -4.67. The van der Waals surface area contributed by atoms with Crippen LogP contribution in [0.15, 0.2) is 23.2 Å². The van der Waals surface area contributed by atoms with Crippen molar-refractivity contribution in [2.75, 3.05) is 6.54 Å². The number of halogens is 4. The van der Waals surface area contributed by atoms with Crippen molar-refractivity contribution in [2.45, 2.75) is 13.1 Å². The molecule has 1 aromatic rings. The van der Waals surface area contributed by atoms with Gasteiger partial charge in [-0.05, 0) is 24.6 Å². The van der Waals surface area contributed by atoms with Gasteiger partial charge >= 0.3 is 6.18 Å². The van der Waals surface area contributed by atoms with Crippen LogP contribution in [0.4, 0.5) is 17.6 Å². The van der Waals surface area contributed by atoms with Gasteiger partial charge in [0, 0.05) is 12.8 Å². The second-order valence-corrected chi connectivity index (χ2v) is 2.86. The standard InChI is InChI=1S/C10H9F4N/c1-2-15-6-7-3-4-9(11)8(5-7)10(12,13)14/h3-6H,2H2,1H3. The Hall–Kier alpha value is -1.39. The van der Waals surface area contributed by atoms with Crippen LogP contribution in [0.2, 0.25) is 0 Å². The highest BCUT2D eigenvalue weighted by atomic mass is 19.4. The van der Waals surface area contributed by atoms with Gasteiger partial charge in [-0.1, -0.05) is 6.07 Å². The topological polar surface area (TPSA) is 12.4 Å². The van der Waals surface area contributed by atoms with Gasteiger partial charge in [0.2, 0.25) is 0 Å². The van der Waals surface area contributed by atoms with Gasteiger partial charge in [-0.25, -0.2) is 4.39 Å². The highest BCUT2D eigenvalue weighted by molar-refractivity contribution is 5.79. The maximum Gasteiger partial charge on any atom is 0.419 e. The molecule has 0 aliphatic carbocycles. The molecule has 0 fully saturated rings. The van der Waals surface area contributed by atoms with E-state index in [0.29, 0.717) is 6.54 Å². The van der Waals surface area contributed by atoms with E-state index in [-0.39, 0.29) is 5.56 Å². The fourth-order valence-electron chi connectivity index (χ4n) is 1.04. The van der Waals surface area contributed by atoms with Gasteiger partial charge < -0.3 is 0 Å². The Morgan fingerprint density at radius 3 is 2.53 bits per heavy atom. The lowest BCUT2D eigenvalue weighted by Gasteiger charge is -2.08. The van der Waals surface area contributed by atoms with E-state index in [4.69, 9.17) is 0 Å². The first-order valence-corrected chi connectivity index (χ1v) is 4.31. The van der Waals surface area contributed by atoms with Gasteiger partial charge in [-0.3, -0.25) is 4.99 Å². The number of nitrogens with zero attached hydrogens (tertiary/aromatic N) is 1. The van der Waals surface area contributed by atoms with E-state index in [9.17, 15) is 17.6 Å². The third kappa shape index (κ3) is 3.04. The summed E-state index contributed by atoms with van der Waals surface area (Å²) in [7, 11) is 0. The number of rotatable bonds is 2. The van der Waals surface area contributed by atoms with Gasteiger partial charge in [0.15, 0.2) is 0 Å². The molecule has 82 valence electrons. The van der Waals surface area contributed by atoms with Crippen LogP contribution in [0.25, 0.3) is 0 Å². The third-order valence-electron chi connectivity index (χ3n) is 1.72. The van der Waals surface area contributed by atoms with Gasteiger partial charge in [0.05, 0.1) is 5.56 Å².